The molecule has 0 bridgehead atoms. The lowest BCUT2D eigenvalue weighted by molar-refractivity contribution is 0.121. The fourth-order valence-electron chi connectivity index (χ4n) is 1.69. The Kier molecular flexibility index (Phi) is 5.70. The average molecular weight is 315 g/mol. The molecule has 1 aromatic carbocycles. The summed E-state index contributed by atoms with van der Waals surface area (Å²) in [5.41, 5.74) is 5.34. The fraction of sp³-hybridized carbons (Fsp3) is 0.462. The molecule has 1 unspecified atom stereocenters. The summed E-state index contributed by atoms with van der Waals surface area (Å²) in [6.07, 6.45) is -1.46. The molecule has 0 saturated carbocycles. The maximum atomic E-state index is 12.0. The maximum absolute atomic E-state index is 12.0. The van der Waals surface area contributed by atoms with E-state index in [0.717, 1.165) is 0 Å². The van der Waals surface area contributed by atoms with E-state index in [0.29, 0.717) is 5.56 Å². The number of amides is 1. The van der Waals surface area contributed by atoms with E-state index in [1.165, 1.54) is 0 Å². The van der Waals surface area contributed by atoms with E-state index in [1.54, 1.807) is 49.8 Å². The van der Waals surface area contributed by atoms with Gasteiger partial charge < -0.3 is 10.5 Å². The number of nitrogens with two attached hydrogens (primary N) is 1. The van der Waals surface area contributed by atoms with Gasteiger partial charge in [-0.3, -0.25) is 0 Å². The molecule has 4 N–H and O–H groups in total. The highest BCUT2D eigenvalue weighted by molar-refractivity contribution is 7.88. The van der Waals surface area contributed by atoms with Gasteiger partial charge in [0.2, 0.25) is 0 Å². The van der Waals surface area contributed by atoms with E-state index in [-0.39, 0.29) is 6.54 Å². The topological polar surface area (TPSA) is 111 Å². The Bertz CT molecular complexity index is 574. The second-order valence-corrected chi connectivity index (χ2v) is 6.48. The van der Waals surface area contributed by atoms with Gasteiger partial charge in [0.05, 0.1) is 11.6 Å². The Morgan fingerprint density at radius 3 is 2.38 bits per heavy atom. The number of hydrogen-bond acceptors (Lipinski definition) is 5. The van der Waals surface area contributed by atoms with Gasteiger partial charge in [-0.1, -0.05) is 30.3 Å². The molecule has 0 aliphatic heterocycles. The molecular weight excluding hydrogens is 294 g/mol. The zero-order valence-corrected chi connectivity index (χ0v) is 13.1. The Hall–Kier alpha value is -1.64. The van der Waals surface area contributed by atoms with Crippen LogP contribution in [-0.2, 0) is 20.5 Å². The quantitative estimate of drug-likeness (QED) is 0.720. The smallest absolute Gasteiger partial charge is 0.422 e. The van der Waals surface area contributed by atoms with Gasteiger partial charge in [-0.15, -0.1) is 0 Å². The first-order valence-electron chi connectivity index (χ1n) is 6.46. The highest BCUT2D eigenvalue weighted by atomic mass is 32.2. The first-order valence-corrected chi connectivity index (χ1v) is 7.95. The molecule has 0 aliphatic rings. The van der Waals surface area contributed by atoms with Crippen molar-refractivity contribution in [1.29, 1.82) is 0 Å². The van der Waals surface area contributed by atoms with E-state index in [1.807, 2.05) is 6.07 Å². The molecule has 118 valence electrons. The minimum Gasteiger partial charge on any atom is -0.446 e. The summed E-state index contributed by atoms with van der Waals surface area (Å²) in [6, 6.07) is 8.87. The van der Waals surface area contributed by atoms with Gasteiger partial charge in [-0.2, -0.15) is 13.1 Å². The van der Waals surface area contributed by atoms with Crippen LogP contribution in [0.5, 0.6) is 0 Å². The van der Waals surface area contributed by atoms with Crippen LogP contribution >= 0.6 is 0 Å². The Morgan fingerprint density at radius 1 is 1.33 bits per heavy atom. The first kappa shape index (κ1) is 17.4. The summed E-state index contributed by atoms with van der Waals surface area (Å²) in [5.74, 6) is 0. The number of nitrogens with one attached hydrogen (secondary N) is 2. The van der Waals surface area contributed by atoms with E-state index in [2.05, 4.69) is 4.72 Å². The number of benzene rings is 1. The summed E-state index contributed by atoms with van der Waals surface area (Å²) < 4.78 is 32.9. The molecule has 7 nitrogen and oxygen atoms in total. The van der Waals surface area contributed by atoms with E-state index < -0.39 is 27.9 Å². The van der Waals surface area contributed by atoms with E-state index in [4.69, 9.17) is 10.5 Å². The monoisotopic (exact) mass is 315 g/mol. The van der Waals surface area contributed by atoms with Crippen molar-refractivity contribution in [2.45, 2.75) is 32.4 Å². The van der Waals surface area contributed by atoms with Crippen molar-refractivity contribution in [3.8, 4) is 0 Å². The van der Waals surface area contributed by atoms with Crippen molar-refractivity contribution in [3.05, 3.63) is 35.9 Å². The molecule has 0 fully saturated rings. The fourth-order valence-corrected chi connectivity index (χ4v) is 2.81. The lowest BCUT2D eigenvalue weighted by Crippen LogP contribution is -2.53. The molecule has 0 radical (unpaired) electrons. The highest BCUT2D eigenvalue weighted by Crippen LogP contribution is 2.19. The zero-order chi connectivity index (χ0) is 16.1. The predicted octanol–water partition coefficient (Wildman–Crippen LogP) is 0.830. The predicted molar refractivity (Wildman–Crippen MR) is 79.7 cm³/mol. The van der Waals surface area contributed by atoms with E-state index in [9.17, 15) is 13.2 Å². The zero-order valence-electron chi connectivity index (χ0n) is 12.3. The van der Waals surface area contributed by atoms with Crippen molar-refractivity contribution in [2.75, 3.05) is 6.54 Å². The normalized spacial score (nSPS) is 14.5. The maximum Gasteiger partial charge on any atom is 0.422 e. The van der Waals surface area contributed by atoms with Crippen LogP contribution in [0.4, 0.5) is 4.79 Å². The highest BCUT2D eigenvalue weighted by Gasteiger charge is 2.31. The first-order chi connectivity index (χ1) is 9.68. The Labute approximate surface area is 125 Å². The number of ether oxygens (including phenoxy) is 1. The second-order valence-electron chi connectivity index (χ2n) is 5.06. The number of rotatable bonds is 6. The molecular formula is C13H21N3O4S. The van der Waals surface area contributed by atoms with Crippen molar-refractivity contribution in [3.63, 3.8) is 0 Å². The van der Waals surface area contributed by atoms with Crippen LogP contribution in [0.15, 0.2) is 30.3 Å². The van der Waals surface area contributed by atoms with Crippen LogP contribution in [0.3, 0.4) is 0 Å². The van der Waals surface area contributed by atoms with Crippen LogP contribution in [0, 0.1) is 0 Å². The molecule has 0 aliphatic carbocycles. The van der Waals surface area contributed by atoms with E-state index >= 15 is 0 Å². The molecule has 8 heteroatoms. The third-order valence-corrected chi connectivity index (χ3v) is 3.89. The van der Waals surface area contributed by atoms with Gasteiger partial charge in [-0.05, 0) is 26.3 Å². The van der Waals surface area contributed by atoms with Gasteiger partial charge in [0.25, 0.3) is 0 Å². The van der Waals surface area contributed by atoms with Gasteiger partial charge in [0, 0.05) is 6.54 Å². The molecule has 1 aromatic rings. The van der Waals surface area contributed by atoms with Gasteiger partial charge >= 0.3 is 16.3 Å². The molecule has 0 spiro atoms. The Balaban J connectivity index is 2.88. The summed E-state index contributed by atoms with van der Waals surface area (Å²) in [5, 5.41) is 0. The lowest BCUT2D eigenvalue weighted by atomic mass is 9.94. The van der Waals surface area contributed by atoms with Crippen LogP contribution in [0.1, 0.15) is 26.3 Å². The largest absolute Gasteiger partial charge is 0.446 e. The number of carbonyl (C=O) groups excluding carboxylic acids is 1. The summed E-state index contributed by atoms with van der Waals surface area (Å²) in [7, 11) is -4.10. The van der Waals surface area contributed by atoms with Crippen LogP contribution in [-0.4, -0.2) is 27.2 Å². The summed E-state index contributed by atoms with van der Waals surface area (Å²) in [4.78, 5) is 11.4. The minimum absolute atomic E-state index is 0.0250. The summed E-state index contributed by atoms with van der Waals surface area (Å²) in [6.45, 7) is 4.90. The van der Waals surface area contributed by atoms with Gasteiger partial charge in [0.1, 0.15) is 0 Å². The molecule has 0 aromatic heterocycles. The van der Waals surface area contributed by atoms with Crippen molar-refractivity contribution in [2.24, 2.45) is 5.73 Å². The van der Waals surface area contributed by atoms with Gasteiger partial charge in [-0.25, -0.2) is 9.52 Å². The van der Waals surface area contributed by atoms with Crippen LogP contribution < -0.4 is 15.2 Å². The molecule has 1 amide bonds. The van der Waals surface area contributed by atoms with Crippen LogP contribution in [0.2, 0.25) is 0 Å². The van der Waals surface area contributed by atoms with Crippen molar-refractivity contribution < 1.29 is 17.9 Å². The molecule has 21 heavy (non-hydrogen) atoms. The third-order valence-electron chi connectivity index (χ3n) is 2.74. The average Bonchev–Trinajstić information content (AvgIpc) is 2.37. The lowest BCUT2D eigenvalue weighted by Gasteiger charge is -2.29. The Morgan fingerprint density at radius 2 is 1.90 bits per heavy atom. The van der Waals surface area contributed by atoms with Gasteiger partial charge in [0.15, 0.2) is 0 Å². The number of hydrogen-bond donors (Lipinski definition) is 3. The van der Waals surface area contributed by atoms with Crippen LogP contribution in [0.25, 0.3) is 0 Å². The molecule has 0 saturated heterocycles. The molecule has 1 atom stereocenters. The third kappa shape index (κ3) is 5.33. The SMILES string of the molecule is CC(C)OC(=O)NS(=O)(=O)NC(C)(CN)c1ccccc1. The second kappa shape index (κ2) is 6.88. The molecule has 0 heterocycles. The molecule has 1 rings (SSSR count). The van der Waals surface area contributed by atoms with Crippen molar-refractivity contribution in [1.82, 2.24) is 9.44 Å². The minimum atomic E-state index is -4.10. The standard InChI is InChI=1S/C13H21N3O4S/c1-10(2)20-12(17)15-21(18,19)16-13(3,9-14)11-7-5-4-6-8-11/h4-8,10,16H,9,14H2,1-3H3,(H,15,17). The number of carbonyl (C=O) groups is 1. The summed E-state index contributed by atoms with van der Waals surface area (Å²) >= 11 is 0. The van der Waals surface area contributed by atoms with Crippen molar-refractivity contribution >= 4 is 16.3 Å².